The number of anilines is 1. The van der Waals surface area contributed by atoms with E-state index in [1.165, 1.54) is 25.7 Å². The van der Waals surface area contributed by atoms with Crippen LogP contribution in [0.1, 0.15) is 43.6 Å². The largest absolute Gasteiger partial charge is 0.441 e. The molecule has 0 bridgehead atoms. The van der Waals surface area contributed by atoms with Gasteiger partial charge in [0.05, 0.1) is 5.69 Å². The number of hydrogen-bond acceptors (Lipinski definition) is 3. The molecule has 1 aromatic heterocycles. The molecule has 1 fully saturated rings. The minimum Gasteiger partial charge on any atom is -0.441 e. The van der Waals surface area contributed by atoms with Crippen LogP contribution in [0.15, 0.2) is 28.7 Å². The molecule has 2 aromatic rings. The second kappa shape index (κ2) is 6.34. The maximum atomic E-state index is 12.1. The van der Waals surface area contributed by atoms with Crippen LogP contribution >= 0.6 is 0 Å². The van der Waals surface area contributed by atoms with Crippen molar-refractivity contribution in [2.24, 2.45) is 5.92 Å². The molecule has 0 aliphatic heterocycles. The number of carbonyl (C=O) groups excluding carboxylic acids is 1. The Labute approximate surface area is 130 Å². The van der Waals surface area contributed by atoms with E-state index < -0.39 is 0 Å². The Bertz CT molecular complexity index is 650. The highest BCUT2D eigenvalue weighted by Gasteiger charge is 2.18. The highest BCUT2D eigenvalue weighted by molar-refractivity contribution is 5.91. The number of carbonyl (C=O) groups is 1. The summed E-state index contributed by atoms with van der Waals surface area (Å²) in [4.78, 5) is 16.5. The Morgan fingerprint density at radius 3 is 2.77 bits per heavy atom. The average Bonchev–Trinajstić information content (AvgIpc) is 3.10. The molecule has 0 unspecified atom stereocenters. The maximum Gasteiger partial charge on any atom is 0.226 e. The Morgan fingerprint density at radius 2 is 2.09 bits per heavy atom. The molecule has 1 aromatic carbocycles. The summed E-state index contributed by atoms with van der Waals surface area (Å²) in [5.41, 5.74) is 2.58. The number of hydrogen-bond donors (Lipinski definition) is 1. The molecule has 0 spiro atoms. The predicted octanol–water partition coefficient (Wildman–Crippen LogP) is 4.48. The number of nitrogens with zero attached hydrogens (tertiary/aromatic N) is 1. The third-order valence-electron chi connectivity index (χ3n) is 4.37. The van der Waals surface area contributed by atoms with Crippen LogP contribution in [0.5, 0.6) is 0 Å². The molecule has 4 heteroatoms. The Balaban J connectivity index is 1.69. The first kappa shape index (κ1) is 14.8. The van der Waals surface area contributed by atoms with E-state index in [4.69, 9.17) is 4.42 Å². The average molecular weight is 298 g/mol. The third-order valence-corrected chi connectivity index (χ3v) is 4.37. The normalized spacial score (nSPS) is 15.2. The van der Waals surface area contributed by atoms with Crippen molar-refractivity contribution in [3.05, 3.63) is 35.7 Å². The van der Waals surface area contributed by atoms with Crippen LogP contribution in [0.3, 0.4) is 0 Å². The van der Waals surface area contributed by atoms with Crippen molar-refractivity contribution >= 4 is 11.6 Å². The number of nitrogens with one attached hydrogen (secondary N) is 1. The van der Waals surface area contributed by atoms with Crippen LogP contribution < -0.4 is 5.32 Å². The van der Waals surface area contributed by atoms with Gasteiger partial charge in [-0.1, -0.05) is 18.9 Å². The highest BCUT2D eigenvalue weighted by atomic mass is 16.4. The summed E-state index contributed by atoms with van der Waals surface area (Å²) < 4.78 is 5.64. The first-order chi connectivity index (χ1) is 10.6. The fourth-order valence-corrected chi connectivity index (χ4v) is 3.01. The summed E-state index contributed by atoms with van der Waals surface area (Å²) in [6.45, 7) is 3.83. The molecule has 0 saturated heterocycles. The first-order valence-electron chi connectivity index (χ1n) is 7.96. The molecule has 22 heavy (non-hydrogen) atoms. The van der Waals surface area contributed by atoms with Crippen molar-refractivity contribution in [3.8, 4) is 11.5 Å². The van der Waals surface area contributed by atoms with E-state index >= 15 is 0 Å². The Hall–Kier alpha value is -2.10. The first-order valence-corrected chi connectivity index (χ1v) is 7.96. The molecule has 0 atom stereocenters. The fourth-order valence-electron chi connectivity index (χ4n) is 3.01. The van der Waals surface area contributed by atoms with Gasteiger partial charge in [0.2, 0.25) is 11.8 Å². The molecule has 3 rings (SSSR count). The zero-order chi connectivity index (χ0) is 15.5. The molecular weight excluding hydrogens is 276 g/mol. The van der Waals surface area contributed by atoms with Gasteiger partial charge in [-0.25, -0.2) is 4.98 Å². The zero-order valence-corrected chi connectivity index (χ0v) is 13.2. The van der Waals surface area contributed by atoms with Crippen molar-refractivity contribution in [1.29, 1.82) is 0 Å². The van der Waals surface area contributed by atoms with Gasteiger partial charge in [-0.15, -0.1) is 0 Å². The van der Waals surface area contributed by atoms with E-state index in [2.05, 4.69) is 10.3 Å². The van der Waals surface area contributed by atoms with Crippen molar-refractivity contribution < 1.29 is 9.21 Å². The van der Waals surface area contributed by atoms with E-state index in [-0.39, 0.29) is 5.91 Å². The van der Waals surface area contributed by atoms with Crippen molar-refractivity contribution in [3.63, 3.8) is 0 Å². The number of aromatic nitrogens is 1. The monoisotopic (exact) mass is 298 g/mol. The standard InChI is InChI=1S/C18H22N2O2/c1-12-13(2)22-18(19-12)15-8-5-9-16(11-15)20-17(21)10-14-6-3-4-7-14/h5,8-9,11,14H,3-4,6-7,10H2,1-2H3,(H,20,21). The summed E-state index contributed by atoms with van der Waals surface area (Å²) in [7, 11) is 0. The van der Waals surface area contributed by atoms with Gasteiger partial charge < -0.3 is 9.73 Å². The Kier molecular flexibility index (Phi) is 4.27. The minimum atomic E-state index is 0.101. The van der Waals surface area contributed by atoms with E-state index in [9.17, 15) is 4.79 Å². The number of rotatable bonds is 4. The van der Waals surface area contributed by atoms with Gasteiger partial charge in [0, 0.05) is 17.7 Å². The van der Waals surface area contributed by atoms with Crippen molar-refractivity contribution in [1.82, 2.24) is 4.98 Å². The lowest BCUT2D eigenvalue weighted by Gasteiger charge is -2.10. The van der Waals surface area contributed by atoms with Gasteiger partial charge >= 0.3 is 0 Å². The highest BCUT2D eigenvalue weighted by Crippen LogP contribution is 2.28. The van der Waals surface area contributed by atoms with Gasteiger partial charge in [-0.05, 0) is 50.8 Å². The van der Waals surface area contributed by atoms with Crippen molar-refractivity contribution in [2.45, 2.75) is 46.0 Å². The summed E-state index contributed by atoms with van der Waals surface area (Å²) in [5.74, 6) is 2.08. The molecule has 1 heterocycles. The number of aryl methyl sites for hydroxylation is 2. The molecule has 1 amide bonds. The van der Waals surface area contributed by atoms with E-state index in [0.717, 1.165) is 22.7 Å². The van der Waals surface area contributed by atoms with Crippen LogP contribution in [-0.2, 0) is 4.79 Å². The van der Waals surface area contributed by atoms with Crippen molar-refractivity contribution in [2.75, 3.05) is 5.32 Å². The zero-order valence-electron chi connectivity index (χ0n) is 13.2. The molecule has 0 radical (unpaired) electrons. The summed E-state index contributed by atoms with van der Waals surface area (Å²) >= 11 is 0. The van der Waals surface area contributed by atoms with E-state index in [0.29, 0.717) is 18.2 Å². The smallest absolute Gasteiger partial charge is 0.226 e. The Morgan fingerprint density at radius 1 is 1.32 bits per heavy atom. The van der Waals surface area contributed by atoms with Gasteiger partial charge in [0.15, 0.2) is 0 Å². The lowest BCUT2D eigenvalue weighted by Crippen LogP contribution is -2.15. The van der Waals surface area contributed by atoms with Gasteiger partial charge in [0.25, 0.3) is 0 Å². The van der Waals surface area contributed by atoms with Gasteiger partial charge in [-0.2, -0.15) is 0 Å². The van der Waals surface area contributed by atoms with Crippen LogP contribution in [0, 0.1) is 19.8 Å². The van der Waals surface area contributed by atoms with Crippen LogP contribution in [0.25, 0.3) is 11.5 Å². The topological polar surface area (TPSA) is 55.1 Å². The molecule has 1 aliphatic carbocycles. The predicted molar refractivity (Wildman–Crippen MR) is 86.6 cm³/mol. The maximum absolute atomic E-state index is 12.1. The van der Waals surface area contributed by atoms with Crippen LogP contribution in [0.4, 0.5) is 5.69 Å². The van der Waals surface area contributed by atoms with E-state index in [1.807, 2.05) is 38.1 Å². The summed E-state index contributed by atoms with van der Waals surface area (Å²) in [6, 6.07) is 7.67. The van der Waals surface area contributed by atoms with Crippen LogP contribution in [-0.4, -0.2) is 10.9 Å². The van der Waals surface area contributed by atoms with E-state index in [1.54, 1.807) is 0 Å². The van der Waals surface area contributed by atoms with Crippen LogP contribution in [0.2, 0.25) is 0 Å². The lowest BCUT2D eigenvalue weighted by molar-refractivity contribution is -0.117. The minimum absolute atomic E-state index is 0.101. The number of benzene rings is 1. The molecule has 4 nitrogen and oxygen atoms in total. The summed E-state index contributed by atoms with van der Waals surface area (Å²) in [6.07, 6.45) is 5.51. The molecule has 1 saturated carbocycles. The molecule has 116 valence electrons. The molecule has 1 N–H and O–H groups in total. The molecular formula is C18H22N2O2. The lowest BCUT2D eigenvalue weighted by atomic mass is 10.0. The second-order valence-electron chi connectivity index (χ2n) is 6.14. The van der Waals surface area contributed by atoms with Gasteiger partial charge in [-0.3, -0.25) is 4.79 Å². The second-order valence-corrected chi connectivity index (χ2v) is 6.14. The fraction of sp³-hybridized carbons (Fsp3) is 0.444. The third kappa shape index (κ3) is 3.38. The quantitative estimate of drug-likeness (QED) is 0.905. The molecule has 1 aliphatic rings. The van der Waals surface area contributed by atoms with Gasteiger partial charge in [0.1, 0.15) is 5.76 Å². The number of amides is 1. The number of oxazole rings is 1. The summed E-state index contributed by atoms with van der Waals surface area (Å²) in [5, 5.41) is 2.99. The SMILES string of the molecule is Cc1nc(-c2cccc(NC(=O)CC3CCCC3)c2)oc1C.